The first-order chi connectivity index (χ1) is 8.69. The van der Waals surface area contributed by atoms with Gasteiger partial charge in [0.15, 0.2) is 0 Å². The number of hydrogen-bond acceptors (Lipinski definition) is 2. The van der Waals surface area contributed by atoms with Gasteiger partial charge in [-0.3, -0.25) is 0 Å². The van der Waals surface area contributed by atoms with Crippen molar-refractivity contribution in [2.75, 3.05) is 6.54 Å². The smallest absolute Gasteiger partial charge is 0.240 e. The van der Waals surface area contributed by atoms with Crippen molar-refractivity contribution in [2.45, 2.75) is 31.8 Å². The highest BCUT2D eigenvalue weighted by Crippen LogP contribution is 2.24. The van der Waals surface area contributed by atoms with Gasteiger partial charge in [-0.25, -0.2) is 17.5 Å². The van der Waals surface area contributed by atoms with Crippen LogP contribution in [-0.4, -0.2) is 21.1 Å². The Labute approximate surface area is 114 Å². The van der Waals surface area contributed by atoms with Crippen molar-refractivity contribution in [3.8, 4) is 0 Å². The third kappa shape index (κ3) is 4.14. The molecule has 0 bridgehead atoms. The molecule has 1 unspecified atom stereocenters. The number of halogens is 1. The van der Waals surface area contributed by atoms with Crippen LogP contribution >= 0.6 is 0 Å². The van der Waals surface area contributed by atoms with Crippen molar-refractivity contribution in [3.05, 3.63) is 42.5 Å². The van der Waals surface area contributed by atoms with Gasteiger partial charge in [0, 0.05) is 12.0 Å². The zero-order valence-electron chi connectivity index (χ0n) is 11.5. The molecule has 0 aromatic heterocycles. The van der Waals surface area contributed by atoms with Gasteiger partial charge < -0.3 is 0 Å². The van der Waals surface area contributed by atoms with Gasteiger partial charge in [-0.05, 0) is 19.1 Å². The SMILES string of the molecule is C=CC(F)C(C)(C)CNS(=O)(=O)c1ccc(C)cc1. The molecule has 106 valence electrons. The third-order valence-electron chi connectivity index (χ3n) is 3.00. The molecule has 0 amide bonds. The molecule has 3 nitrogen and oxygen atoms in total. The van der Waals surface area contributed by atoms with E-state index >= 15 is 0 Å². The number of rotatable bonds is 6. The highest BCUT2D eigenvalue weighted by Gasteiger charge is 2.29. The first-order valence-electron chi connectivity index (χ1n) is 6.02. The summed E-state index contributed by atoms with van der Waals surface area (Å²) in [7, 11) is -3.60. The van der Waals surface area contributed by atoms with E-state index in [-0.39, 0.29) is 11.4 Å². The molecule has 0 saturated heterocycles. The van der Waals surface area contributed by atoms with E-state index < -0.39 is 21.6 Å². The molecule has 0 spiro atoms. The average molecular weight is 285 g/mol. The third-order valence-corrected chi connectivity index (χ3v) is 4.42. The van der Waals surface area contributed by atoms with Crippen molar-refractivity contribution < 1.29 is 12.8 Å². The maximum Gasteiger partial charge on any atom is 0.240 e. The number of sulfonamides is 1. The molecule has 1 atom stereocenters. The van der Waals surface area contributed by atoms with Crippen LogP contribution in [0.4, 0.5) is 4.39 Å². The van der Waals surface area contributed by atoms with E-state index in [1.165, 1.54) is 18.2 Å². The van der Waals surface area contributed by atoms with Gasteiger partial charge in [-0.1, -0.05) is 37.6 Å². The quantitative estimate of drug-likeness (QED) is 0.817. The van der Waals surface area contributed by atoms with Crippen LogP contribution in [0, 0.1) is 12.3 Å². The second kappa shape index (κ2) is 5.84. The van der Waals surface area contributed by atoms with Crippen LogP contribution in [-0.2, 0) is 10.0 Å². The van der Waals surface area contributed by atoms with Crippen molar-refractivity contribution in [1.29, 1.82) is 0 Å². The number of hydrogen-bond donors (Lipinski definition) is 1. The van der Waals surface area contributed by atoms with E-state index in [0.717, 1.165) is 5.56 Å². The van der Waals surface area contributed by atoms with Crippen LogP contribution in [0.15, 0.2) is 41.8 Å². The molecular formula is C14H20FNO2S. The molecule has 0 aliphatic rings. The second-order valence-electron chi connectivity index (χ2n) is 5.26. The fourth-order valence-electron chi connectivity index (χ4n) is 1.50. The predicted molar refractivity (Wildman–Crippen MR) is 75.2 cm³/mol. The minimum Gasteiger partial charge on any atom is -0.242 e. The van der Waals surface area contributed by atoms with Crippen molar-refractivity contribution in [1.82, 2.24) is 4.72 Å². The van der Waals surface area contributed by atoms with Crippen molar-refractivity contribution in [3.63, 3.8) is 0 Å². The molecule has 0 radical (unpaired) electrons. The first-order valence-corrected chi connectivity index (χ1v) is 7.50. The highest BCUT2D eigenvalue weighted by atomic mass is 32.2. The molecule has 1 N–H and O–H groups in total. The van der Waals surface area contributed by atoms with Crippen LogP contribution < -0.4 is 4.72 Å². The Balaban J connectivity index is 2.81. The van der Waals surface area contributed by atoms with Crippen LogP contribution in [0.1, 0.15) is 19.4 Å². The topological polar surface area (TPSA) is 46.2 Å². The number of nitrogens with one attached hydrogen (secondary N) is 1. The van der Waals surface area contributed by atoms with E-state index in [2.05, 4.69) is 11.3 Å². The van der Waals surface area contributed by atoms with Gasteiger partial charge in [0.05, 0.1) is 4.90 Å². The van der Waals surface area contributed by atoms with Gasteiger partial charge in [0.2, 0.25) is 10.0 Å². The molecule has 0 saturated carbocycles. The standard InChI is InChI=1S/C14H20FNO2S/c1-5-13(15)14(3,4)10-16-19(17,18)12-8-6-11(2)7-9-12/h5-9,13,16H,1,10H2,2-4H3. The van der Waals surface area contributed by atoms with E-state index in [9.17, 15) is 12.8 Å². The van der Waals surface area contributed by atoms with Gasteiger partial charge in [0.1, 0.15) is 6.17 Å². The molecule has 0 aliphatic heterocycles. The zero-order valence-corrected chi connectivity index (χ0v) is 12.3. The molecule has 0 fully saturated rings. The average Bonchev–Trinajstić information content (AvgIpc) is 2.36. The second-order valence-corrected chi connectivity index (χ2v) is 7.03. The summed E-state index contributed by atoms with van der Waals surface area (Å²) in [6.45, 7) is 8.58. The van der Waals surface area contributed by atoms with Crippen LogP contribution in [0.2, 0.25) is 0 Å². The summed E-state index contributed by atoms with van der Waals surface area (Å²) in [5.74, 6) is 0. The molecular weight excluding hydrogens is 265 g/mol. The van der Waals surface area contributed by atoms with Gasteiger partial charge in [0.25, 0.3) is 0 Å². The fourth-order valence-corrected chi connectivity index (χ4v) is 2.72. The van der Waals surface area contributed by atoms with E-state index in [1.807, 2.05) is 6.92 Å². The number of alkyl halides is 1. The summed E-state index contributed by atoms with van der Waals surface area (Å²) in [4.78, 5) is 0.183. The zero-order chi connectivity index (χ0) is 14.7. The molecule has 0 heterocycles. The molecule has 1 aromatic rings. The summed E-state index contributed by atoms with van der Waals surface area (Å²) in [5, 5.41) is 0. The molecule has 19 heavy (non-hydrogen) atoms. The molecule has 1 rings (SSSR count). The minimum absolute atomic E-state index is 0.0103. The van der Waals surface area contributed by atoms with Crippen molar-refractivity contribution in [2.24, 2.45) is 5.41 Å². The largest absolute Gasteiger partial charge is 0.242 e. The van der Waals surface area contributed by atoms with E-state index in [4.69, 9.17) is 0 Å². The van der Waals surface area contributed by atoms with Crippen LogP contribution in [0.5, 0.6) is 0 Å². The Hall–Kier alpha value is -1.20. The number of benzene rings is 1. The maximum atomic E-state index is 13.6. The van der Waals surface area contributed by atoms with E-state index in [1.54, 1.807) is 26.0 Å². The Kier molecular flexibility index (Phi) is 4.87. The van der Waals surface area contributed by atoms with Gasteiger partial charge in [-0.2, -0.15) is 0 Å². The number of aryl methyl sites for hydroxylation is 1. The Morgan fingerprint density at radius 3 is 2.37 bits per heavy atom. The summed E-state index contributed by atoms with van der Waals surface area (Å²) < 4.78 is 40.1. The maximum absolute atomic E-state index is 13.6. The monoisotopic (exact) mass is 285 g/mol. The summed E-state index contributed by atoms with van der Waals surface area (Å²) in [6, 6.07) is 6.51. The molecule has 1 aromatic carbocycles. The van der Waals surface area contributed by atoms with Crippen molar-refractivity contribution >= 4 is 10.0 Å². The summed E-state index contributed by atoms with van der Waals surface area (Å²) in [6.07, 6.45) is -0.0894. The van der Waals surface area contributed by atoms with Gasteiger partial charge in [-0.15, -0.1) is 6.58 Å². The summed E-state index contributed by atoms with van der Waals surface area (Å²) in [5.41, 5.74) is 0.147. The molecule has 0 aliphatic carbocycles. The fraction of sp³-hybridized carbons (Fsp3) is 0.429. The Morgan fingerprint density at radius 1 is 1.37 bits per heavy atom. The lowest BCUT2D eigenvalue weighted by Crippen LogP contribution is -2.38. The normalized spacial score (nSPS) is 14.1. The first kappa shape index (κ1) is 15.9. The van der Waals surface area contributed by atoms with Crippen LogP contribution in [0.3, 0.4) is 0 Å². The highest BCUT2D eigenvalue weighted by molar-refractivity contribution is 7.89. The molecule has 5 heteroatoms. The van der Waals surface area contributed by atoms with Gasteiger partial charge >= 0.3 is 0 Å². The van der Waals surface area contributed by atoms with Crippen LogP contribution in [0.25, 0.3) is 0 Å². The number of allylic oxidation sites excluding steroid dienone is 1. The Bertz CT molecular complexity index is 535. The lowest BCUT2D eigenvalue weighted by atomic mass is 9.88. The predicted octanol–water partition coefficient (Wildman–Crippen LogP) is 2.82. The van der Waals surface area contributed by atoms with E-state index in [0.29, 0.717) is 0 Å². The minimum atomic E-state index is -3.60. The Morgan fingerprint density at radius 2 is 1.89 bits per heavy atom. The lowest BCUT2D eigenvalue weighted by Gasteiger charge is -2.26. The lowest BCUT2D eigenvalue weighted by molar-refractivity contribution is 0.191. The summed E-state index contributed by atoms with van der Waals surface area (Å²) >= 11 is 0.